The van der Waals surface area contributed by atoms with Gasteiger partial charge in [0.2, 0.25) is 0 Å². The van der Waals surface area contributed by atoms with Crippen molar-refractivity contribution < 1.29 is 14.3 Å². The molecule has 0 fully saturated rings. The van der Waals surface area contributed by atoms with E-state index in [4.69, 9.17) is 21.1 Å². The zero-order valence-corrected chi connectivity index (χ0v) is 15.3. The Balaban J connectivity index is 2.80. The summed E-state index contributed by atoms with van der Waals surface area (Å²) in [6, 6.07) is 5.19. The van der Waals surface area contributed by atoms with Gasteiger partial charge < -0.3 is 14.8 Å². The summed E-state index contributed by atoms with van der Waals surface area (Å²) in [4.78, 5) is 12.7. The van der Waals surface area contributed by atoms with Gasteiger partial charge in [0.25, 0.3) is 5.91 Å². The number of methoxy groups -OCH3 is 1. The smallest absolute Gasteiger partial charge is 0.256 e. The fourth-order valence-corrected chi connectivity index (χ4v) is 2.56. The van der Waals surface area contributed by atoms with Gasteiger partial charge in [-0.25, -0.2) is 0 Å². The van der Waals surface area contributed by atoms with Crippen LogP contribution in [0.15, 0.2) is 18.2 Å². The van der Waals surface area contributed by atoms with Crippen molar-refractivity contribution in [2.75, 3.05) is 19.0 Å². The minimum Gasteiger partial charge on any atom is -0.495 e. The standard InChI is InChI=1S/C18H28ClNO3/c1-5-7-8-11-18(3,23-12-6-2)17(21)20-14-9-10-16(22-4)15(19)13-14/h9-10,13H,5-8,11-12H2,1-4H3,(H,20,21)/t18-/m1/s1. The average Bonchev–Trinajstić information content (AvgIpc) is 2.53. The lowest BCUT2D eigenvalue weighted by atomic mass is 9.96. The van der Waals surface area contributed by atoms with Crippen LogP contribution in [0.4, 0.5) is 5.69 Å². The number of unbranched alkanes of at least 4 members (excludes halogenated alkanes) is 2. The fraction of sp³-hybridized carbons (Fsp3) is 0.611. The number of carbonyl (C=O) groups excluding carboxylic acids is 1. The third-order valence-corrected chi connectivity index (χ3v) is 4.07. The van der Waals surface area contributed by atoms with Crippen LogP contribution < -0.4 is 10.1 Å². The third-order valence-electron chi connectivity index (χ3n) is 3.77. The SMILES string of the molecule is CCCCC[C@@](C)(OCCC)C(=O)Nc1ccc(OC)c(Cl)c1. The zero-order valence-electron chi connectivity index (χ0n) is 14.6. The predicted molar refractivity (Wildman–Crippen MR) is 95.4 cm³/mol. The summed E-state index contributed by atoms with van der Waals surface area (Å²) in [5.74, 6) is 0.445. The van der Waals surface area contributed by atoms with E-state index in [0.29, 0.717) is 29.5 Å². The van der Waals surface area contributed by atoms with Crippen LogP contribution in [0.5, 0.6) is 5.75 Å². The van der Waals surface area contributed by atoms with E-state index in [-0.39, 0.29) is 5.91 Å². The number of halogens is 1. The fourth-order valence-electron chi connectivity index (χ4n) is 2.30. The lowest BCUT2D eigenvalue weighted by Gasteiger charge is -2.29. The second kappa shape index (κ2) is 9.78. The van der Waals surface area contributed by atoms with Crippen LogP contribution in [0.1, 0.15) is 52.9 Å². The van der Waals surface area contributed by atoms with Crippen LogP contribution in [-0.2, 0) is 9.53 Å². The molecule has 0 saturated carbocycles. The second-order valence-corrected chi connectivity index (χ2v) is 6.25. The first-order valence-electron chi connectivity index (χ1n) is 8.25. The highest BCUT2D eigenvalue weighted by molar-refractivity contribution is 6.32. The van der Waals surface area contributed by atoms with Gasteiger partial charge in [-0.15, -0.1) is 0 Å². The Morgan fingerprint density at radius 3 is 2.57 bits per heavy atom. The van der Waals surface area contributed by atoms with Crippen molar-refractivity contribution in [2.24, 2.45) is 0 Å². The Morgan fingerprint density at radius 1 is 1.26 bits per heavy atom. The number of hydrogen-bond acceptors (Lipinski definition) is 3. The van der Waals surface area contributed by atoms with Crippen molar-refractivity contribution in [3.05, 3.63) is 23.2 Å². The number of hydrogen-bond donors (Lipinski definition) is 1. The molecule has 0 aromatic heterocycles. The molecule has 1 rings (SSSR count). The van der Waals surface area contributed by atoms with Crippen LogP contribution in [-0.4, -0.2) is 25.2 Å². The van der Waals surface area contributed by atoms with E-state index in [0.717, 1.165) is 25.7 Å². The van der Waals surface area contributed by atoms with Gasteiger partial charge in [0.15, 0.2) is 0 Å². The Bertz CT molecular complexity index is 507. The van der Waals surface area contributed by atoms with E-state index in [1.54, 1.807) is 25.3 Å². The van der Waals surface area contributed by atoms with Gasteiger partial charge in [0, 0.05) is 12.3 Å². The van der Waals surface area contributed by atoms with Crippen molar-refractivity contribution in [1.82, 2.24) is 0 Å². The van der Waals surface area contributed by atoms with E-state index in [2.05, 4.69) is 12.2 Å². The Labute approximate surface area is 144 Å². The topological polar surface area (TPSA) is 47.6 Å². The monoisotopic (exact) mass is 341 g/mol. The van der Waals surface area contributed by atoms with Gasteiger partial charge in [0.1, 0.15) is 11.4 Å². The number of anilines is 1. The molecule has 1 aromatic rings. The molecule has 0 saturated heterocycles. The molecule has 0 radical (unpaired) electrons. The normalized spacial score (nSPS) is 13.4. The van der Waals surface area contributed by atoms with Crippen molar-refractivity contribution in [3.8, 4) is 5.75 Å². The van der Waals surface area contributed by atoms with Crippen molar-refractivity contribution >= 4 is 23.2 Å². The molecule has 23 heavy (non-hydrogen) atoms. The number of carbonyl (C=O) groups is 1. The molecule has 4 nitrogen and oxygen atoms in total. The van der Waals surface area contributed by atoms with Gasteiger partial charge in [-0.05, 0) is 38.0 Å². The molecule has 1 N–H and O–H groups in total. The van der Waals surface area contributed by atoms with E-state index in [1.807, 2.05) is 13.8 Å². The molecule has 0 unspecified atom stereocenters. The van der Waals surface area contributed by atoms with E-state index in [9.17, 15) is 4.79 Å². The number of benzene rings is 1. The first kappa shape index (κ1) is 19.8. The highest BCUT2D eigenvalue weighted by Crippen LogP contribution is 2.28. The number of rotatable bonds is 10. The van der Waals surface area contributed by atoms with E-state index in [1.165, 1.54) is 0 Å². The van der Waals surface area contributed by atoms with Crippen LogP contribution >= 0.6 is 11.6 Å². The van der Waals surface area contributed by atoms with E-state index < -0.39 is 5.60 Å². The van der Waals surface area contributed by atoms with Crippen LogP contribution in [0, 0.1) is 0 Å². The highest BCUT2D eigenvalue weighted by atomic mass is 35.5. The lowest BCUT2D eigenvalue weighted by Crippen LogP contribution is -2.43. The summed E-state index contributed by atoms with van der Waals surface area (Å²) in [5.41, 5.74) is -0.181. The molecule has 1 amide bonds. The molecule has 130 valence electrons. The van der Waals surface area contributed by atoms with Crippen molar-refractivity contribution in [3.63, 3.8) is 0 Å². The molecule has 0 spiro atoms. The summed E-state index contributed by atoms with van der Waals surface area (Å²) in [5, 5.41) is 3.37. The zero-order chi connectivity index (χ0) is 17.3. The predicted octanol–water partition coefficient (Wildman–Crippen LogP) is 5.05. The highest BCUT2D eigenvalue weighted by Gasteiger charge is 2.33. The molecular formula is C18H28ClNO3. The summed E-state index contributed by atoms with van der Waals surface area (Å²) in [6.45, 7) is 6.61. The Kier molecular flexibility index (Phi) is 8.42. The maximum atomic E-state index is 12.7. The minimum absolute atomic E-state index is 0.136. The molecule has 0 aliphatic rings. The first-order chi connectivity index (χ1) is 11.0. The molecule has 0 aliphatic heterocycles. The van der Waals surface area contributed by atoms with Crippen molar-refractivity contribution in [2.45, 2.75) is 58.5 Å². The minimum atomic E-state index is -0.822. The summed E-state index contributed by atoms with van der Waals surface area (Å²) < 4.78 is 11.0. The van der Waals surface area contributed by atoms with Crippen LogP contribution in [0.25, 0.3) is 0 Å². The van der Waals surface area contributed by atoms with Crippen molar-refractivity contribution in [1.29, 1.82) is 0 Å². The summed E-state index contributed by atoms with van der Waals surface area (Å²) in [7, 11) is 1.56. The summed E-state index contributed by atoms with van der Waals surface area (Å²) >= 11 is 6.11. The molecule has 0 heterocycles. The number of amides is 1. The van der Waals surface area contributed by atoms with Crippen LogP contribution in [0.2, 0.25) is 5.02 Å². The van der Waals surface area contributed by atoms with Gasteiger partial charge in [0.05, 0.1) is 12.1 Å². The van der Waals surface area contributed by atoms with Gasteiger partial charge in [-0.1, -0.05) is 44.7 Å². The quantitative estimate of drug-likeness (QED) is 0.605. The molecule has 1 aromatic carbocycles. The Morgan fingerprint density at radius 2 is 2.00 bits per heavy atom. The molecule has 5 heteroatoms. The number of ether oxygens (including phenoxy) is 2. The average molecular weight is 342 g/mol. The van der Waals surface area contributed by atoms with Gasteiger partial charge in [-0.3, -0.25) is 4.79 Å². The maximum absolute atomic E-state index is 12.7. The first-order valence-corrected chi connectivity index (χ1v) is 8.63. The number of nitrogens with one attached hydrogen (secondary N) is 1. The second-order valence-electron chi connectivity index (χ2n) is 5.84. The molecule has 0 bridgehead atoms. The molecule has 1 atom stereocenters. The third kappa shape index (κ3) is 6.04. The molecular weight excluding hydrogens is 314 g/mol. The Hall–Kier alpha value is -1.26. The largest absolute Gasteiger partial charge is 0.495 e. The molecule has 0 aliphatic carbocycles. The lowest BCUT2D eigenvalue weighted by molar-refractivity contribution is -0.140. The maximum Gasteiger partial charge on any atom is 0.256 e. The van der Waals surface area contributed by atoms with Gasteiger partial charge >= 0.3 is 0 Å². The van der Waals surface area contributed by atoms with E-state index >= 15 is 0 Å². The summed E-state index contributed by atoms with van der Waals surface area (Å²) in [6.07, 6.45) is 4.75. The van der Waals surface area contributed by atoms with Gasteiger partial charge in [-0.2, -0.15) is 0 Å². The van der Waals surface area contributed by atoms with Crippen LogP contribution in [0.3, 0.4) is 0 Å².